The van der Waals surface area contributed by atoms with Crippen LogP contribution < -0.4 is 0 Å². The van der Waals surface area contributed by atoms with Crippen molar-refractivity contribution in [2.24, 2.45) is 0 Å². The van der Waals surface area contributed by atoms with Crippen molar-refractivity contribution in [3.8, 4) is 0 Å². The summed E-state index contributed by atoms with van der Waals surface area (Å²) >= 11 is 0. The van der Waals surface area contributed by atoms with Gasteiger partial charge in [-0.15, -0.1) is 0 Å². The Bertz CT molecular complexity index is 216. The van der Waals surface area contributed by atoms with Gasteiger partial charge in [0.2, 0.25) is 6.29 Å². The molecule has 0 radical (unpaired) electrons. The number of rotatable bonds is 1. The molecule has 0 N–H and O–H groups in total. The minimum atomic E-state index is -0.351. The van der Waals surface area contributed by atoms with Crippen molar-refractivity contribution < 1.29 is 14.5 Å². The van der Waals surface area contributed by atoms with Gasteiger partial charge in [-0.05, 0) is 0 Å². The summed E-state index contributed by atoms with van der Waals surface area (Å²) in [7, 11) is 0. The molecule has 0 saturated carbocycles. The Labute approximate surface area is 64.4 Å². The van der Waals surface area contributed by atoms with E-state index in [1.54, 1.807) is 0 Å². The zero-order chi connectivity index (χ0) is 7.52. The van der Waals surface area contributed by atoms with Gasteiger partial charge in [-0.2, -0.15) is 4.89 Å². The smallest absolute Gasteiger partial charge is 0.219 e. The lowest BCUT2D eigenvalue weighted by molar-refractivity contribution is -0.279. The van der Waals surface area contributed by atoms with Crippen LogP contribution in [-0.2, 0) is 14.5 Å². The summed E-state index contributed by atoms with van der Waals surface area (Å²) in [5.41, 5.74) is 0.977. The second-order valence-electron chi connectivity index (χ2n) is 2.24. The van der Waals surface area contributed by atoms with E-state index in [0.29, 0.717) is 0 Å². The second kappa shape index (κ2) is 3.00. The highest BCUT2D eigenvalue weighted by molar-refractivity contribution is 5.15. The zero-order valence-corrected chi connectivity index (χ0v) is 5.90. The minimum absolute atomic E-state index is 0.208. The molecule has 1 aromatic rings. The van der Waals surface area contributed by atoms with Crippen molar-refractivity contribution >= 4 is 0 Å². The standard InChI is InChI=1S/C8H8O3/c1-2-4-7(5-3-1)8-9-6-10-11-8/h1-5,8H,6H2. The summed E-state index contributed by atoms with van der Waals surface area (Å²) in [5.74, 6) is 0. The highest BCUT2D eigenvalue weighted by Gasteiger charge is 2.18. The van der Waals surface area contributed by atoms with Crippen molar-refractivity contribution in [1.29, 1.82) is 0 Å². The van der Waals surface area contributed by atoms with Crippen molar-refractivity contribution in [2.45, 2.75) is 6.29 Å². The van der Waals surface area contributed by atoms with E-state index >= 15 is 0 Å². The Morgan fingerprint density at radius 1 is 1.18 bits per heavy atom. The molecule has 1 aliphatic rings. The minimum Gasteiger partial charge on any atom is -0.316 e. The molecular weight excluding hydrogens is 144 g/mol. The van der Waals surface area contributed by atoms with E-state index in [2.05, 4.69) is 4.89 Å². The molecule has 3 heteroatoms. The molecule has 0 aliphatic carbocycles. The summed E-state index contributed by atoms with van der Waals surface area (Å²) in [6, 6.07) is 9.67. The van der Waals surface area contributed by atoms with Crippen molar-refractivity contribution in [1.82, 2.24) is 0 Å². The van der Waals surface area contributed by atoms with Gasteiger partial charge in [0.15, 0.2) is 6.79 Å². The van der Waals surface area contributed by atoms with Gasteiger partial charge in [-0.25, -0.2) is 4.89 Å². The summed E-state index contributed by atoms with van der Waals surface area (Å²) in [5, 5.41) is 0. The molecule has 1 aliphatic heterocycles. The molecule has 0 aromatic heterocycles. The van der Waals surface area contributed by atoms with Gasteiger partial charge in [0.05, 0.1) is 0 Å². The first kappa shape index (κ1) is 6.79. The lowest BCUT2D eigenvalue weighted by Gasteiger charge is -2.04. The van der Waals surface area contributed by atoms with Crippen LogP contribution in [0.2, 0.25) is 0 Å². The third-order valence-corrected chi connectivity index (χ3v) is 1.49. The zero-order valence-electron chi connectivity index (χ0n) is 5.90. The molecule has 2 rings (SSSR count). The molecule has 11 heavy (non-hydrogen) atoms. The Hall–Kier alpha value is -0.900. The van der Waals surface area contributed by atoms with Crippen LogP contribution in [-0.4, -0.2) is 6.79 Å². The molecular formula is C8H8O3. The average molecular weight is 152 g/mol. The van der Waals surface area contributed by atoms with Gasteiger partial charge in [0.25, 0.3) is 0 Å². The molecule has 1 heterocycles. The molecule has 58 valence electrons. The summed E-state index contributed by atoms with van der Waals surface area (Å²) in [4.78, 5) is 9.41. The number of ether oxygens (including phenoxy) is 1. The van der Waals surface area contributed by atoms with Crippen LogP contribution in [0, 0.1) is 0 Å². The lowest BCUT2D eigenvalue weighted by atomic mass is 10.2. The summed E-state index contributed by atoms with van der Waals surface area (Å²) < 4.78 is 5.09. The van der Waals surface area contributed by atoms with Crippen LogP contribution in [0.15, 0.2) is 30.3 Å². The van der Waals surface area contributed by atoms with Crippen LogP contribution in [0.5, 0.6) is 0 Å². The average Bonchev–Trinajstić information content (AvgIpc) is 2.58. The molecule has 0 amide bonds. The first-order valence-electron chi connectivity index (χ1n) is 3.41. The van der Waals surface area contributed by atoms with Gasteiger partial charge >= 0.3 is 0 Å². The van der Waals surface area contributed by atoms with E-state index in [-0.39, 0.29) is 13.1 Å². The fraction of sp³-hybridized carbons (Fsp3) is 0.250. The van der Waals surface area contributed by atoms with Crippen LogP contribution in [0.4, 0.5) is 0 Å². The van der Waals surface area contributed by atoms with Crippen LogP contribution in [0.25, 0.3) is 0 Å². The maximum absolute atomic E-state index is 5.09. The third kappa shape index (κ3) is 1.40. The van der Waals surface area contributed by atoms with Crippen LogP contribution in [0.3, 0.4) is 0 Å². The molecule has 0 spiro atoms. The largest absolute Gasteiger partial charge is 0.316 e. The Balaban J connectivity index is 2.16. The summed E-state index contributed by atoms with van der Waals surface area (Å²) in [6.45, 7) is 0.208. The Kier molecular flexibility index (Phi) is 1.85. The highest BCUT2D eigenvalue weighted by Crippen LogP contribution is 2.22. The van der Waals surface area contributed by atoms with Gasteiger partial charge in [-0.3, -0.25) is 0 Å². The molecule has 1 unspecified atom stereocenters. The van der Waals surface area contributed by atoms with E-state index in [1.165, 1.54) is 0 Å². The van der Waals surface area contributed by atoms with Gasteiger partial charge in [-0.1, -0.05) is 30.3 Å². The fourth-order valence-corrected chi connectivity index (χ4v) is 0.969. The van der Waals surface area contributed by atoms with E-state index in [4.69, 9.17) is 9.62 Å². The normalized spacial score (nSPS) is 23.8. The van der Waals surface area contributed by atoms with Gasteiger partial charge in [0.1, 0.15) is 0 Å². The third-order valence-electron chi connectivity index (χ3n) is 1.49. The van der Waals surface area contributed by atoms with E-state index in [0.717, 1.165) is 5.56 Å². The predicted octanol–water partition coefficient (Wildman–Crippen LogP) is 1.62. The molecule has 1 atom stereocenters. The summed E-state index contributed by atoms with van der Waals surface area (Å²) in [6.07, 6.45) is -0.351. The lowest BCUT2D eigenvalue weighted by Crippen LogP contribution is -1.96. The Morgan fingerprint density at radius 3 is 2.64 bits per heavy atom. The number of benzene rings is 1. The monoisotopic (exact) mass is 152 g/mol. The number of hydrogen-bond acceptors (Lipinski definition) is 3. The molecule has 1 saturated heterocycles. The quantitative estimate of drug-likeness (QED) is 0.572. The SMILES string of the molecule is c1ccc(C2OCOO2)cc1. The maximum atomic E-state index is 5.09. The Morgan fingerprint density at radius 2 is 2.00 bits per heavy atom. The molecule has 1 aromatic carbocycles. The molecule has 0 bridgehead atoms. The first-order valence-corrected chi connectivity index (χ1v) is 3.41. The highest BCUT2D eigenvalue weighted by atomic mass is 17.3. The van der Waals surface area contributed by atoms with Crippen molar-refractivity contribution in [2.75, 3.05) is 6.79 Å². The van der Waals surface area contributed by atoms with E-state index in [9.17, 15) is 0 Å². The van der Waals surface area contributed by atoms with E-state index < -0.39 is 0 Å². The second-order valence-corrected chi connectivity index (χ2v) is 2.24. The van der Waals surface area contributed by atoms with Crippen LogP contribution in [0.1, 0.15) is 11.9 Å². The molecule has 3 nitrogen and oxygen atoms in total. The first-order chi connectivity index (χ1) is 5.47. The van der Waals surface area contributed by atoms with Crippen LogP contribution >= 0.6 is 0 Å². The maximum Gasteiger partial charge on any atom is 0.219 e. The predicted molar refractivity (Wildman–Crippen MR) is 37.3 cm³/mol. The van der Waals surface area contributed by atoms with E-state index in [1.807, 2.05) is 30.3 Å². The van der Waals surface area contributed by atoms with Crippen molar-refractivity contribution in [3.63, 3.8) is 0 Å². The van der Waals surface area contributed by atoms with Gasteiger partial charge in [0, 0.05) is 5.56 Å². The topological polar surface area (TPSA) is 27.7 Å². The fourth-order valence-electron chi connectivity index (χ4n) is 0.969. The number of hydrogen-bond donors (Lipinski definition) is 0. The molecule has 1 fully saturated rings. The van der Waals surface area contributed by atoms with Gasteiger partial charge < -0.3 is 4.74 Å². The van der Waals surface area contributed by atoms with Crippen molar-refractivity contribution in [3.05, 3.63) is 35.9 Å².